The molecule has 6 nitrogen and oxygen atoms in total. The molecule has 0 aliphatic carbocycles. The number of nitriles is 1. The second-order valence-corrected chi connectivity index (χ2v) is 14.9. The molecule has 0 rings (SSSR count). The van der Waals surface area contributed by atoms with Crippen LogP contribution < -0.4 is 0 Å². The molecule has 284 valence electrons. The van der Waals surface area contributed by atoms with Crippen LogP contribution in [0.3, 0.4) is 0 Å². The summed E-state index contributed by atoms with van der Waals surface area (Å²) in [5.74, 6) is -0.477. The highest BCUT2D eigenvalue weighted by Crippen LogP contribution is 2.14. The normalized spacial score (nSPS) is 12.5. The van der Waals surface area contributed by atoms with Gasteiger partial charge in [-0.3, -0.25) is 9.59 Å². The largest absolute Gasteiger partial charge is 0.461 e. The predicted octanol–water partition coefficient (Wildman–Crippen LogP) is 12.1. The average Bonchev–Trinajstić information content (AvgIpc) is 3.07. The number of unbranched alkanes of at least 4 members (excludes halogenated alkanes) is 22. The summed E-state index contributed by atoms with van der Waals surface area (Å²) in [4.78, 5) is 25.1. The third-order valence-electron chi connectivity index (χ3n) is 9.21. The number of likely N-dealkylation sites (N-methyl/N-ethyl adjacent to an activating group) is 1. The molecule has 0 N–H and O–H groups in total. The zero-order valence-corrected chi connectivity index (χ0v) is 32.8. The van der Waals surface area contributed by atoms with Gasteiger partial charge in [-0.2, -0.15) is 5.26 Å². The van der Waals surface area contributed by atoms with E-state index in [0.717, 1.165) is 51.4 Å². The summed E-state index contributed by atoms with van der Waals surface area (Å²) >= 11 is 0. The first kappa shape index (κ1) is 46.9. The van der Waals surface area contributed by atoms with E-state index < -0.39 is 6.10 Å². The second kappa shape index (κ2) is 35.7. The highest BCUT2D eigenvalue weighted by Gasteiger charge is 2.26. The van der Waals surface area contributed by atoms with Gasteiger partial charge in [0, 0.05) is 12.8 Å². The summed E-state index contributed by atoms with van der Waals surface area (Å²) < 4.78 is 11.7. The van der Waals surface area contributed by atoms with E-state index in [1.165, 1.54) is 116 Å². The molecule has 0 aliphatic rings. The van der Waals surface area contributed by atoms with E-state index in [2.05, 4.69) is 44.2 Å². The second-order valence-electron chi connectivity index (χ2n) is 14.9. The SMILES string of the molecule is CCCCCCCC/C=C\CCCCCCCC(=O)OCC(C[N+](C)(C)CC#N)OC(=O)CCCCCCC/C=C\CCCCCCCC. The van der Waals surface area contributed by atoms with Gasteiger partial charge in [0.25, 0.3) is 0 Å². The van der Waals surface area contributed by atoms with Gasteiger partial charge < -0.3 is 14.0 Å². The zero-order valence-electron chi connectivity index (χ0n) is 32.8. The minimum Gasteiger partial charge on any atom is -0.461 e. The van der Waals surface area contributed by atoms with E-state index in [4.69, 9.17) is 9.47 Å². The molecule has 0 aliphatic heterocycles. The van der Waals surface area contributed by atoms with E-state index in [0.29, 0.717) is 30.4 Å². The van der Waals surface area contributed by atoms with Gasteiger partial charge in [0.2, 0.25) is 0 Å². The standard InChI is InChI=1S/C43H79N2O4/c1-5-7-9-11-13-15-17-19-21-23-25-27-29-31-33-35-42(46)48-40-41(39-45(3,4)38-37-44)49-43(47)36-34-32-30-28-26-24-22-20-18-16-14-12-10-8-6-2/h19-22,41H,5-18,23-36,38-40H2,1-4H3/q+1/b21-19-,22-20-. The lowest BCUT2D eigenvalue weighted by atomic mass is 10.1. The van der Waals surface area contributed by atoms with Crippen LogP contribution in [0.25, 0.3) is 0 Å². The molecule has 0 amide bonds. The fourth-order valence-corrected chi connectivity index (χ4v) is 6.11. The summed E-state index contributed by atoms with van der Waals surface area (Å²) in [5.41, 5.74) is 0. The highest BCUT2D eigenvalue weighted by atomic mass is 16.6. The lowest BCUT2D eigenvalue weighted by Crippen LogP contribution is -2.48. The van der Waals surface area contributed by atoms with Crippen molar-refractivity contribution in [3.8, 4) is 6.07 Å². The molecule has 0 aromatic heterocycles. The molecule has 1 unspecified atom stereocenters. The molecule has 0 heterocycles. The summed E-state index contributed by atoms with van der Waals surface area (Å²) in [6, 6.07) is 2.20. The van der Waals surface area contributed by atoms with Crippen molar-refractivity contribution in [1.82, 2.24) is 0 Å². The number of quaternary nitrogens is 1. The van der Waals surface area contributed by atoms with Crippen LogP contribution in [0, 0.1) is 11.3 Å². The van der Waals surface area contributed by atoms with Gasteiger partial charge in [0.05, 0.1) is 14.1 Å². The zero-order chi connectivity index (χ0) is 36.1. The number of ether oxygens (including phenoxy) is 2. The number of allylic oxidation sites excluding steroid dienone is 4. The van der Waals surface area contributed by atoms with Crippen LogP contribution in [0.1, 0.15) is 194 Å². The Bertz CT molecular complexity index is 860. The summed E-state index contributed by atoms with van der Waals surface area (Å²) in [5, 5.41) is 9.21. The topological polar surface area (TPSA) is 76.4 Å². The molecular formula is C43H79N2O4+. The molecule has 0 saturated heterocycles. The number of rotatable bonds is 36. The van der Waals surface area contributed by atoms with Crippen molar-refractivity contribution in [2.24, 2.45) is 0 Å². The molecule has 0 radical (unpaired) electrons. The van der Waals surface area contributed by atoms with Gasteiger partial charge in [-0.25, -0.2) is 0 Å². The van der Waals surface area contributed by atoms with E-state index in [9.17, 15) is 14.9 Å². The first-order valence-electron chi connectivity index (χ1n) is 20.7. The van der Waals surface area contributed by atoms with E-state index in [1.54, 1.807) is 0 Å². The average molecular weight is 688 g/mol. The fraction of sp³-hybridized carbons (Fsp3) is 0.837. The molecule has 0 fully saturated rings. The maximum absolute atomic E-state index is 12.7. The van der Waals surface area contributed by atoms with Crippen molar-refractivity contribution in [2.45, 2.75) is 200 Å². The lowest BCUT2D eigenvalue weighted by Gasteiger charge is -2.30. The van der Waals surface area contributed by atoms with Crippen molar-refractivity contribution in [3.63, 3.8) is 0 Å². The van der Waals surface area contributed by atoms with E-state index in [-0.39, 0.29) is 18.5 Å². The molecular weight excluding hydrogens is 608 g/mol. The number of hydrogen-bond donors (Lipinski definition) is 0. The van der Waals surface area contributed by atoms with Crippen molar-refractivity contribution < 1.29 is 23.5 Å². The first-order valence-corrected chi connectivity index (χ1v) is 20.7. The van der Waals surface area contributed by atoms with Crippen LogP contribution in [0.5, 0.6) is 0 Å². The molecule has 49 heavy (non-hydrogen) atoms. The summed E-state index contributed by atoms with van der Waals surface area (Å²) in [7, 11) is 3.86. The van der Waals surface area contributed by atoms with Crippen molar-refractivity contribution >= 4 is 11.9 Å². The molecule has 0 bridgehead atoms. The maximum Gasteiger partial charge on any atom is 0.306 e. The predicted molar refractivity (Wildman–Crippen MR) is 207 cm³/mol. The number of carbonyl (C=O) groups excluding carboxylic acids is 2. The Balaban J connectivity index is 4.08. The molecule has 0 aromatic carbocycles. The van der Waals surface area contributed by atoms with Crippen LogP contribution in [-0.2, 0) is 19.1 Å². The van der Waals surface area contributed by atoms with Crippen molar-refractivity contribution in [3.05, 3.63) is 24.3 Å². The third kappa shape index (κ3) is 35.5. The number of carbonyl (C=O) groups is 2. The Morgan fingerprint density at radius 1 is 0.571 bits per heavy atom. The van der Waals surface area contributed by atoms with Gasteiger partial charge in [-0.1, -0.05) is 141 Å². The molecule has 0 aromatic rings. The molecule has 6 heteroatoms. The minimum absolute atomic E-state index is 0.0507. The Labute approximate surface area is 304 Å². The van der Waals surface area contributed by atoms with E-state index in [1.807, 2.05) is 14.1 Å². The Kier molecular flexibility index (Phi) is 34.1. The van der Waals surface area contributed by atoms with Gasteiger partial charge in [0.15, 0.2) is 12.6 Å². The van der Waals surface area contributed by atoms with Gasteiger partial charge >= 0.3 is 11.9 Å². The van der Waals surface area contributed by atoms with Crippen LogP contribution in [0.15, 0.2) is 24.3 Å². The summed E-state index contributed by atoms with van der Waals surface area (Å²) in [6.45, 7) is 5.31. The molecule has 1 atom stereocenters. The quantitative estimate of drug-likeness (QED) is 0.0215. The smallest absolute Gasteiger partial charge is 0.306 e. The van der Waals surface area contributed by atoms with Crippen LogP contribution in [0.2, 0.25) is 0 Å². The number of esters is 2. The number of hydrogen-bond acceptors (Lipinski definition) is 5. The van der Waals surface area contributed by atoms with Crippen molar-refractivity contribution in [1.29, 1.82) is 5.26 Å². The highest BCUT2D eigenvalue weighted by molar-refractivity contribution is 5.70. The molecule has 0 spiro atoms. The van der Waals surface area contributed by atoms with Gasteiger partial charge in [-0.05, 0) is 64.2 Å². The summed E-state index contributed by atoms with van der Waals surface area (Å²) in [6.07, 6.45) is 41.2. The number of nitrogens with zero attached hydrogens (tertiary/aromatic N) is 2. The van der Waals surface area contributed by atoms with E-state index >= 15 is 0 Å². The van der Waals surface area contributed by atoms with Gasteiger partial charge in [0.1, 0.15) is 19.2 Å². The van der Waals surface area contributed by atoms with Crippen LogP contribution in [0.4, 0.5) is 0 Å². The Hall–Kier alpha value is -2.13. The minimum atomic E-state index is -0.544. The lowest BCUT2D eigenvalue weighted by molar-refractivity contribution is -0.886. The monoisotopic (exact) mass is 688 g/mol. The third-order valence-corrected chi connectivity index (χ3v) is 9.21. The Morgan fingerprint density at radius 2 is 0.939 bits per heavy atom. The Morgan fingerprint density at radius 3 is 1.35 bits per heavy atom. The van der Waals surface area contributed by atoms with Gasteiger partial charge in [-0.15, -0.1) is 0 Å². The molecule has 0 saturated carbocycles. The maximum atomic E-state index is 12.7. The van der Waals surface area contributed by atoms with Crippen LogP contribution in [-0.4, -0.2) is 56.3 Å². The first-order chi connectivity index (χ1) is 23.8. The van der Waals surface area contributed by atoms with Crippen LogP contribution >= 0.6 is 0 Å². The van der Waals surface area contributed by atoms with Crippen molar-refractivity contribution in [2.75, 3.05) is 33.8 Å². The fourth-order valence-electron chi connectivity index (χ4n) is 6.11.